The molecule has 0 aromatic heterocycles. The molecule has 2 N–H and O–H groups in total. The molecular weight excluding hydrogens is 382 g/mol. The zero-order chi connectivity index (χ0) is 20.5. The van der Waals surface area contributed by atoms with Gasteiger partial charge in [0, 0.05) is 17.0 Å². The van der Waals surface area contributed by atoms with Gasteiger partial charge in [-0.2, -0.15) is 0 Å². The fourth-order valence-electron chi connectivity index (χ4n) is 3.48. The third-order valence-electron chi connectivity index (χ3n) is 5.03. The van der Waals surface area contributed by atoms with Crippen LogP contribution in [0.25, 0.3) is 0 Å². The standard InChI is InChI=1S/C25H28ClNO2/c1-3-8-23(20-9-5-4-6-10-20)27-17-21-11-7-12-24(28-2)25(21)29-18-19-13-15-22(26)16-14-19/h4-7,9-16,23,27H,3,8,17-18H2,1-2H3/p+1. The Morgan fingerprint density at radius 2 is 1.69 bits per heavy atom. The van der Waals surface area contributed by atoms with Crippen LogP contribution in [0.1, 0.15) is 42.5 Å². The molecule has 0 aliphatic rings. The van der Waals surface area contributed by atoms with E-state index in [-0.39, 0.29) is 0 Å². The van der Waals surface area contributed by atoms with Gasteiger partial charge in [-0.3, -0.25) is 0 Å². The van der Waals surface area contributed by atoms with Gasteiger partial charge in [0.25, 0.3) is 0 Å². The summed E-state index contributed by atoms with van der Waals surface area (Å²) in [7, 11) is 1.68. The number of para-hydroxylation sites is 1. The van der Waals surface area contributed by atoms with E-state index in [1.165, 1.54) is 5.56 Å². The van der Waals surface area contributed by atoms with E-state index in [1.54, 1.807) is 7.11 Å². The molecule has 3 aromatic carbocycles. The summed E-state index contributed by atoms with van der Waals surface area (Å²) in [6.07, 6.45) is 2.28. The van der Waals surface area contributed by atoms with Crippen molar-refractivity contribution in [1.29, 1.82) is 0 Å². The summed E-state index contributed by atoms with van der Waals surface area (Å²) in [6, 6.07) is 24.9. The van der Waals surface area contributed by atoms with Crippen molar-refractivity contribution in [3.8, 4) is 11.5 Å². The SMILES string of the molecule is CCCC([NH2+]Cc1cccc(OC)c1OCc1ccc(Cl)cc1)c1ccccc1. The molecule has 0 fully saturated rings. The van der Waals surface area contributed by atoms with E-state index in [0.717, 1.165) is 47.0 Å². The zero-order valence-corrected chi connectivity index (χ0v) is 17.9. The molecule has 3 nitrogen and oxygen atoms in total. The fourth-order valence-corrected chi connectivity index (χ4v) is 3.61. The minimum atomic E-state index is 0.427. The summed E-state index contributed by atoms with van der Waals surface area (Å²) in [4.78, 5) is 0. The molecule has 0 radical (unpaired) electrons. The van der Waals surface area contributed by atoms with Crippen LogP contribution in [0.15, 0.2) is 72.8 Å². The van der Waals surface area contributed by atoms with Crippen LogP contribution < -0.4 is 14.8 Å². The normalized spacial score (nSPS) is 11.8. The molecule has 152 valence electrons. The van der Waals surface area contributed by atoms with Crippen molar-refractivity contribution in [3.63, 3.8) is 0 Å². The van der Waals surface area contributed by atoms with E-state index in [1.807, 2.05) is 36.4 Å². The Hall–Kier alpha value is -2.49. The molecule has 3 aromatic rings. The Balaban J connectivity index is 1.75. The quantitative estimate of drug-likeness (QED) is 0.476. The molecule has 0 bridgehead atoms. The molecular formula is C25H29ClNO2+. The van der Waals surface area contributed by atoms with Crippen LogP contribution >= 0.6 is 11.6 Å². The monoisotopic (exact) mass is 410 g/mol. The third-order valence-corrected chi connectivity index (χ3v) is 5.28. The lowest BCUT2D eigenvalue weighted by Gasteiger charge is -2.18. The maximum absolute atomic E-state index is 6.19. The molecule has 29 heavy (non-hydrogen) atoms. The van der Waals surface area contributed by atoms with Crippen LogP contribution in [0, 0.1) is 0 Å². The molecule has 0 amide bonds. The van der Waals surface area contributed by atoms with Crippen LogP contribution in [0.4, 0.5) is 0 Å². The van der Waals surface area contributed by atoms with Gasteiger partial charge in [-0.1, -0.05) is 73.5 Å². The second kappa shape index (κ2) is 10.9. The molecule has 0 aliphatic heterocycles. The van der Waals surface area contributed by atoms with E-state index in [2.05, 4.69) is 48.6 Å². The van der Waals surface area contributed by atoms with Crippen molar-refractivity contribution in [2.75, 3.05) is 7.11 Å². The summed E-state index contributed by atoms with van der Waals surface area (Å²) in [5.74, 6) is 1.57. The lowest BCUT2D eigenvalue weighted by molar-refractivity contribution is -0.711. The first-order valence-electron chi connectivity index (χ1n) is 10.1. The molecule has 0 saturated carbocycles. The number of quaternary nitrogens is 1. The molecule has 3 rings (SSSR count). The first-order chi connectivity index (χ1) is 14.2. The van der Waals surface area contributed by atoms with E-state index in [0.29, 0.717) is 12.6 Å². The first kappa shape index (κ1) is 21.2. The number of rotatable bonds is 10. The van der Waals surface area contributed by atoms with E-state index in [9.17, 15) is 0 Å². The highest BCUT2D eigenvalue weighted by Crippen LogP contribution is 2.31. The van der Waals surface area contributed by atoms with Crippen molar-refractivity contribution in [2.24, 2.45) is 0 Å². The van der Waals surface area contributed by atoms with Crippen LogP contribution in [-0.2, 0) is 13.2 Å². The number of nitrogens with two attached hydrogens (primary N) is 1. The Labute approximate surface area is 178 Å². The van der Waals surface area contributed by atoms with Crippen molar-refractivity contribution in [1.82, 2.24) is 0 Å². The van der Waals surface area contributed by atoms with Crippen LogP contribution in [0.2, 0.25) is 5.02 Å². The number of hydrogen-bond acceptors (Lipinski definition) is 2. The van der Waals surface area contributed by atoms with Gasteiger partial charge in [-0.15, -0.1) is 0 Å². The Morgan fingerprint density at radius 3 is 2.38 bits per heavy atom. The summed E-state index contributed by atoms with van der Waals surface area (Å²) in [5, 5.41) is 3.12. The second-order valence-corrected chi connectivity index (χ2v) is 7.55. The van der Waals surface area contributed by atoms with Gasteiger partial charge in [-0.25, -0.2) is 0 Å². The Morgan fingerprint density at radius 1 is 0.931 bits per heavy atom. The van der Waals surface area contributed by atoms with Gasteiger partial charge in [0.2, 0.25) is 0 Å². The van der Waals surface area contributed by atoms with Crippen LogP contribution in [0.3, 0.4) is 0 Å². The molecule has 0 spiro atoms. The Kier molecular flexibility index (Phi) is 7.97. The highest BCUT2D eigenvalue weighted by atomic mass is 35.5. The molecule has 1 unspecified atom stereocenters. The maximum Gasteiger partial charge on any atom is 0.170 e. The first-order valence-corrected chi connectivity index (χ1v) is 10.5. The number of halogens is 1. The average molecular weight is 411 g/mol. The van der Waals surface area contributed by atoms with Crippen LogP contribution in [0.5, 0.6) is 11.5 Å². The van der Waals surface area contributed by atoms with E-state index in [4.69, 9.17) is 21.1 Å². The maximum atomic E-state index is 6.19. The van der Waals surface area contributed by atoms with Crippen molar-refractivity contribution in [3.05, 3.63) is 94.5 Å². The van der Waals surface area contributed by atoms with Crippen LogP contribution in [-0.4, -0.2) is 7.11 Å². The van der Waals surface area contributed by atoms with Gasteiger partial charge in [0.1, 0.15) is 19.2 Å². The van der Waals surface area contributed by atoms with Crippen molar-refractivity contribution >= 4 is 11.6 Å². The second-order valence-electron chi connectivity index (χ2n) is 7.11. The minimum absolute atomic E-state index is 0.427. The van der Waals surface area contributed by atoms with Crippen molar-refractivity contribution in [2.45, 2.75) is 39.0 Å². The number of methoxy groups -OCH3 is 1. The fraction of sp³-hybridized carbons (Fsp3) is 0.280. The highest BCUT2D eigenvalue weighted by molar-refractivity contribution is 6.30. The topological polar surface area (TPSA) is 35.1 Å². The average Bonchev–Trinajstić information content (AvgIpc) is 2.77. The minimum Gasteiger partial charge on any atom is -0.493 e. The lowest BCUT2D eigenvalue weighted by atomic mass is 10.0. The van der Waals surface area contributed by atoms with Gasteiger partial charge in [-0.05, 0) is 29.8 Å². The highest BCUT2D eigenvalue weighted by Gasteiger charge is 2.17. The van der Waals surface area contributed by atoms with E-state index >= 15 is 0 Å². The predicted octanol–water partition coefficient (Wildman–Crippen LogP) is 5.53. The summed E-state index contributed by atoms with van der Waals surface area (Å²) < 4.78 is 11.8. The molecule has 1 atom stereocenters. The van der Waals surface area contributed by atoms with Crippen molar-refractivity contribution < 1.29 is 14.8 Å². The van der Waals surface area contributed by atoms with E-state index < -0.39 is 0 Å². The third kappa shape index (κ3) is 5.99. The number of benzene rings is 3. The molecule has 0 saturated heterocycles. The molecule has 4 heteroatoms. The Bertz CT molecular complexity index is 881. The molecule has 0 heterocycles. The van der Waals surface area contributed by atoms with Gasteiger partial charge in [0.15, 0.2) is 11.5 Å². The van der Waals surface area contributed by atoms with Gasteiger partial charge < -0.3 is 14.8 Å². The zero-order valence-electron chi connectivity index (χ0n) is 17.1. The number of hydrogen-bond donors (Lipinski definition) is 1. The van der Waals surface area contributed by atoms with Gasteiger partial charge in [0.05, 0.1) is 12.7 Å². The molecule has 0 aliphatic carbocycles. The lowest BCUT2D eigenvalue weighted by Crippen LogP contribution is -2.83. The summed E-state index contributed by atoms with van der Waals surface area (Å²) >= 11 is 5.98. The number of ether oxygens (including phenoxy) is 2. The largest absolute Gasteiger partial charge is 0.493 e. The van der Waals surface area contributed by atoms with Gasteiger partial charge >= 0.3 is 0 Å². The predicted molar refractivity (Wildman–Crippen MR) is 118 cm³/mol. The smallest absolute Gasteiger partial charge is 0.170 e. The summed E-state index contributed by atoms with van der Waals surface area (Å²) in [6.45, 7) is 3.53. The summed E-state index contributed by atoms with van der Waals surface area (Å²) in [5.41, 5.74) is 3.57.